The quantitative estimate of drug-likeness (QED) is 0.109. The van der Waals surface area contributed by atoms with Gasteiger partial charge in [0.2, 0.25) is 0 Å². The van der Waals surface area contributed by atoms with Crippen molar-refractivity contribution in [2.45, 2.75) is 23.9 Å². The zero-order valence-electron chi connectivity index (χ0n) is 19.4. The summed E-state index contributed by atoms with van der Waals surface area (Å²) >= 11 is 13.8. The number of carbonyl (C=O) groups is 1. The van der Waals surface area contributed by atoms with Crippen molar-refractivity contribution in [2.75, 3.05) is 5.32 Å². The molecule has 0 aliphatic carbocycles. The number of hydrogen-bond acceptors (Lipinski definition) is 7. The minimum atomic E-state index is -0.501. The summed E-state index contributed by atoms with van der Waals surface area (Å²) in [5.41, 5.74) is 5.04. The highest BCUT2D eigenvalue weighted by Gasteiger charge is 2.21. The minimum Gasteiger partial charge on any atom is -0.506 e. The molecule has 4 aromatic rings. The molecular formula is C25H21Br2ClN6O2S. The first-order chi connectivity index (χ1) is 17.8. The number of aromatic nitrogens is 3. The van der Waals surface area contributed by atoms with Crippen LogP contribution in [0, 0.1) is 0 Å². The number of para-hydroxylation sites is 1. The van der Waals surface area contributed by atoms with Gasteiger partial charge in [-0.15, -0.1) is 10.2 Å². The molecule has 12 heteroatoms. The van der Waals surface area contributed by atoms with Crippen LogP contribution < -0.4 is 10.7 Å². The highest BCUT2D eigenvalue weighted by Crippen LogP contribution is 2.33. The predicted molar refractivity (Wildman–Crippen MR) is 155 cm³/mol. The number of phenols is 1. The fourth-order valence-electron chi connectivity index (χ4n) is 3.21. The molecule has 4 rings (SSSR count). The summed E-state index contributed by atoms with van der Waals surface area (Å²) in [5, 5.41) is 26.7. The van der Waals surface area contributed by atoms with E-state index in [1.807, 2.05) is 59.2 Å². The number of halogens is 3. The van der Waals surface area contributed by atoms with Crippen LogP contribution in [0.4, 0.5) is 5.69 Å². The Balaban J connectivity index is 1.46. The predicted octanol–water partition coefficient (Wildman–Crippen LogP) is 6.39. The van der Waals surface area contributed by atoms with E-state index in [0.29, 0.717) is 37.1 Å². The number of amides is 1. The third-order valence-corrected chi connectivity index (χ3v) is 7.59. The Bertz CT molecular complexity index is 1390. The van der Waals surface area contributed by atoms with E-state index in [-0.39, 0.29) is 11.7 Å². The van der Waals surface area contributed by atoms with Crippen LogP contribution in [0.5, 0.6) is 5.75 Å². The molecule has 0 radical (unpaired) electrons. The molecule has 1 atom stereocenters. The van der Waals surface area contributed by atoms with Crippen molar-refractivity contribution in [1.29, 1.82) is 0 Å². The fraction of sp³-hybridized carbons (Fsp3) is 0.120. The maximum absolute atomic E-state index is 12.7. The maximum Gasteiger partial charge on any atom is 0.253 e. The second-order valence-electron chi connectivity index (χ2n) is 7.76. The van der Waals surface area contributed by atoms with E-state index in [9.17, 15) is 9.90 Å². The number of nitrogens with one attached hydrogen (secondary N) is 2. The van der Waals surface area contributed by atoms with Crippen molar-refractivity contribution < 1.29 is 9.90 Å². The normalized spacial score (nSPS) is 12.0. The Hall–Kier alpha value is -2.86. The van der Waals surface area contributed by atoms with E-state index in [2.05, 4.69) is 57.9 Å². The number of aromatic hydroxyl groups is 1. The Morgan fingerprint density at radius 3 is 2.49 bits per heavy atom. The first-order valence-electron chi connectivity index (χ1n) is 11.0. The standard InChI is InChI=1S/C25H21Br2ClN6O2S/c1-15(24(36)32-30-13-16-11-20(26)23(35)21(27)12-16)37-25-33-31-22(34(25)19-5-3-2-4-6-19)14-29-18-9-7-17(28)8-10-18/h2-13,15,29,35H,14H2,1H3,(H,32,36). The van der Waals surface area contributed by atoms with Crippen molar-refractivity contribution in [3.63, 3.8) is 0 Å². The van der Waals surface area contributed by atoms with Gasteiger partial charge in [0.05, 0.1) is 27.0 Å². The first kappa shape index (κ1) is 27.2. The largest absolute Gasteiger partial charge is 0.506 e. The number of nitrogens with zero attached hydrogens (tertiary/aromatic N) is 4. The summed E-state index contributed by atoms with van der Waals surface area (Å²) in [6.07, 6.45) is 1.50. The van der Waals surface area contributed by atoms with Crippen molar-refractivity contribution in [1.82, 2.24) is 20.2 Å². The molecule has 0 saturated carbocycles. The molecule has 37 heavy (non-hydrogen) atoms. The Labute approximate surface area is 239 Å². The number of rotatable bonds is 9. The van der Waals surface area contributed by atoms with Crippen LogP contribution in [0.3, 0.4) is 0 Å². The fourth-order valence-corrected chi connectivity index (χ4v) is 5.44. The van der Waals surface area contributed by atoms with Crippen LogP contribution in [0.15, 0.2) is 85.9 Å². The number of hydrogen-bond donors (Lipinski definition) is 3. The molecule has 190 valence electrons. The summed E-state index contributed by atoms with van der Waals surface area (Å²) < 4.78 is 2.95. The summed E-state index contributed by atoms with van der Waals surface area (Å²) in [7, 11) is 0. The number of anilines is 1. The van der Waals surface area contributed by atoms with E-state index in [4.69, 9.17) is 11.6 Å². The van der Waals surface area contributed by atoms with Gasteiger partial charge in [-0.2, -0.15) is 5.10 Å². The third kappa shape index (κ3) is 7.13. The van der Waals surface area contributed by atoms with Gasteiger partial charge < -0.3 is 10.4 Å². The van der Waals surface area contributed by atoms with Gasteiger partial charge in [0.1, 0.15) is 5.75 Å². The summed E-state index contributed by atoms with van der Waals surface area (Å²) in [6.45, 7) is 2.20. The molecule has 0 aliphatic heterocycles. The Morgan fingerprint density at radius 1 is 1.14 bits per heavy atom. The van der Waals surface area contributed by atoms with Crippen LogP contribution >= 0.6 is 55.2 Å². The summed E-state index contributed by atoms with van der Waals surface area (Å²) in [6, 6.07) is 20.5. The smallest absolute Gasteiger partial charge is 0.253 e. The monoisotopic (exact) mass is 662 g/mol. The van der Waals surface area contributed by atoms with E-state index < -0.39 is 5.25 Å². The molecular weight excluding hydrogens is 644 g/mol. The lowest BCUT2D eigenvalue weighted by Crippen LogP contribution is -2.27. The number of phenolic OH excluding ortho intramolecular Hbond substituents is 1. The molecule has 0 aliphatic rings. The van der Waals surface area contributed by atoms with Gasteiger partial charge in [-0.3, -0.25) is 9.36 Å². The molecule has 8 nitrogen and oxygen atoms in total. The molecule has 0 fully saturated rings. The number of carbonyl (C=O) groups excluding carboxylic acids is 1. The average molecular weight is 665 g/mol. The van der Waals surface area contributed by atoms with Crippen LogP contribution in [0.1, 0.15) is 18.3 Å². The summed E-state index contributed by atoms with van der Waals surface area (Å²) in [5.74, 6) is 0.496. The number of benzene rings is 3. The van der Waals surface area contributed by atoms with E-state index >= 15 is 0 Å². The molecule has 1 heterocycles. The van der Waals surface area contributed by atoms with Crippen molar-refractivity contribution in [2.24, 2.45) is 5.10 Å². The summed E-state index contributed by atoms with van der Waals surface area (Å²) in [4.78, 5) is 12.7. The number of thioether (sulfide) groups is 1. The van der Waals surface area contributed by atoms with Crippen LogP contribution in [0.25, 0.3) is 5.69 Å². The van der Waals surface area contributed by atoms with Gasteiger partial charge in [0.15, 0.2) is 11.0 Å². The van der Waals surface area contributed by atoms with Gasteiger partial charge in [0, 0.05) is 16.4 Å². The minimum absolute atomic E-state index is 0.0940. The lowest BCUT2D eigenvalue weighted by molar-refractivity contribution is -0.120. The topological polar surface area (TPSA) is 104 Å². The highest BCUT2D eigenvalue weighted by atomic mass is 79.9. The van der Waals surface area contributed by atoms with Crippen LogP contribution in [0.2, 0.25) is 5.02 Å². The third-order valence-electron chi connectivity index (χ3n) is 5.09. The molecule has 0 spiro atoms. The van der Waals surface area contributed by atoms with Gasteiger partial charge in [0.25, 0.3) is 5.91 Å². The van der Waals surface area contributed by atoms with Crippen molar-refractivity contribution in [3.8, 4) is 11.4 Å². The lowest BCUT2D eigenvalue weighted by atomic mass is 10.2. The molecule has 3 aromatic carbocycles. The molecule has 1 aromatic heterocycles. The van der Waals surface area contributed by atoms with Gasteiger partial charge >= 0.3 is 0 Å². The molecule has 1 unspecified atom stereocenters. The van der Waals surface area contributed by atoms with Gasteiger partial charge in [-0.25, -0.2) is 5.43 Å². The number of hydrazone groups is 1. The molecule has 0 bridgehead atoms. The average Bonchev–Trinajstić information content (AvgIpc) is 3.29. The van der Waals surface area contributed by atoms with Gasteiger partial charge in [-0.1, -0.05) is 41.6 Å². The van der Waals surface area contributed by atoms with Crippen LogP contribution in [-0.2, 0) is 11.3 Å². The zero-order chi connectivity index (χ0) is 26.4. The zero-order valence-corrected chi connectivity index (χ0v) is 24.1. The Kier molecular flexibility index (Phi) is 9.25. The van der Waals surface area contributed by atoms with Crippen molar-refractivity contribution in [3.05, 3.63) is 92.1 Å². The van der Waals surface area contributed by atoms with E-state index in [1.54, 1.807) is 19.1 Å². The van der Waals surface area contributed by atoms with Crippen molar-refractivity contribution >= 4 is 73.0 Å². The molecule has 0 saturated heterocycles. The second kappa shape index (κ2) is 12.6. The van der Waals surface area contributed by atoms with Gasteiger partial charge in [-0.05, 0) is 92.9 Å². The van der Waals surface area contributed by atoms with Crippen LogP contribution in [-0.4, -0.2) is 37.2 Å². The molecule has 1 amide bonds. The molecule has 3 N–H and O–H groups in total. The van der Waals surface area contributed by atoms with E-state index in [0.717, 1.165) is 11.4 Å². The SMILES string of the molecule is CC(Sc1nnc(CNc2ccc(Cl)cc2)n1-c1ccccc1)C(=O)NN=Cc1cc(Br)c(O)c(Br)c1. The highest BCUT2D eigenvalue weighted by molar-refractivity contribution is 9.11. The maximum atomic E-state index is 12.7. The second-order valence-corrected chi connectivity index (χ2v) is 11.2. The Morgan fingerprint density at radius 2 is 1.81 bits per heavy atom. The van der Waals surface area contributed by atoms with E-state index in [1.165, 1.54) is 18.0 Å². The lowest BCUT2D eigenvalue weighted by Gasteiger charge is -2.13. The first-order valence-corrected chi connectivity index (χ1v) is 13.8.